The number of esters is 1. The van der Waals surface area contributed by atoms with Gasteiger partial charge in [0, 0.05) is 6.04 Å². The van der Waals surface area contributed by atoms with Crippen molar-refractivity contribution in [2.45, 2.75) is 37.4 Å². The van der Waals surface area contributed by atoms with E-state index in [1.54, 1.807) is 35.2 Å². The lowest BCUT2D eigenvalue weighted by Crippen LogP contribution is -2.46. The number of amides is 1. The molecule has 1 amide bonds. The predicted octanol–water partition coefficient (Wildman–Crippen LogP) is 0.795. The van der Waals surface area contributed by atoms with Crippen molar-refractivity contribution in [2.75, 3.05) is 0 Å². The van der Waals surface area contributed by atoms with Crippen molar-refractivity contribution in [1.82, 2.24) is 10.2 Å². The maximum Gasteiger partial charge on any atom is 0.402 e. The number of nitriles is 1. The topological polar surface area (TPSA) is 82.4 Å². The number of para-hydroxylation sites is 1. The van der Waals surface area contributed by atoms with Crippen LogP contribution in [0.25, 0.3) is 0 Å². The molecule has 1 N–H and O–H groups in total. The average molecular weight is 285 g/mol. The lowest BCUT2D eigenvalue weighted by atomic mass is 9.95. The smallest absolute Gasteiger partial charge is 0.402 e. The van der Waals surface area contributed by atoms with E-state index in [0.717, 1.165) is 12.8 Å². The van der Waals surface area contributed by atoms with Crippen molar-refractivity contribution in [2.24, 2.45) is 0 Å². The van der Waals surface area contributed by atoms with Crippen LogP contribution in [0.5, 0.6) is 5.75 Å². The van der Waals surface area contributed by atoms with Gasteiger partial charge in [0.25, 0.3) is 0 Å². The molecule has 108 valence electrons. The number of hydrogen-bond acceptors (Lipinski definition) is 5. The Hall–Kier alpha value is -2.55. The predicted molar refractivity (Wildman–Crippen MR) is 72.9 cm³/mol. The minimum atomic E-state index is -0.924. The van der Waals surface area contributed by atoms with E-state index in [0.29, 0.717) is 12.2 Å². The van der Waals surface area contributed by atoms with Gasteiger partial charge >= 0.3 is 11.9 Å². The summed E-state index contributed by atoms with van der Waals surface area (Å²) in [4.78, 5) is 25.4. The van der Waals surface area contributed by atoms with Crippen LogP contribution in [0.15, 0.2) is 30.3 Å². The molecule has 0 aliphatic carbocycles. The van der Waals surface area contributed by atoms with Gasteiger partial charge in [0.1, 0.15) is 5.75 Å². The molecule has 2 aliphatic rings. The van der Waals surface area contributed by atoms with Gasteiger partial charge in [-0.15, -0.1) is 0 Å². The SMILES string of the molecule is N#CN1C2CC[C@H]1C[C@H]2NC(=O)C(=O)Oc1ccccc1. The second-order valence-electron chi connectivity index (χ2n) is 5.32. The quantitative estimate of drug-likeness (QED) is 0.376. The first-order valence-corrected chi connectivity index (χ1v) is 6.95. The maximum atomic E-state index is 11.9. The fraction of sp³-hybridized carbons (Fsp3) is 0.400. The van der Waals surface area contributed by atoms with Crippen LogP contribution in [0.3, 0.4) is 0 Å². The van der Waals surface area contributed by atoms with Crippen LogP contribution in [0.1, 0.15) is 19.3 Å². The van der Waals surface area contributed by atoms with Crippen LogP contribution >= 0.6 is 0 Å². The number of nitrogens with one attached hydrogen (secondary N) is 1. The molecule has 0 aromatic heterocycles. The first kappa shape index (κ1) is 13.4. The molecule has 2 saturated heterocycles. The molecule has 1 aromatic rings. The Labute approximate surface area is 122 Å². The van der Waals surface area contributed by atoms with E-state index in [9.17, 15) is 9.59 Å². The Balaban J connectivity index is 1.58. The third-order valence-corrected chi connectivity index (χ3v) is 4.11. The van der Waals surface area contributed by atoms with E-state index >= 15 is 0 Å². The van der Waals surface area contributed by atoms with Gasteiger partial charge in [0.05, 0.1) is 12.1 Å². The van der Waals surface area contributed by atoms with E-state index in [-0.39, 0.29) is 18.1 Å². The van der Waals surface area contributed by atoms with Gasteiger partial charge in [-0.05, 0) is 31.4 Å². The molecule has 1 aromatic carbocycles. The number of ether oxygens (including phenoxy) is 1. The summed E-state index contributed by atoms with van der Waals surface area (Å²) in [5.41, 5.74) is 0. The van der Waals surface area contributed by atoms with Crippen molar-refractivity contribution < 1.29 is 14.3 Å². The molecule has 2 heterocycles. The monoisotopic (exact) mass is 285 g/mol. The van der Waals surface area contributed by atoms with E-state index in [1.165, 1.54) is 0 Å². The number of carbonyl (C=O) groups excluding carboxylic acids is 2. The molecule has 6 heteroatoms. The van der Waals surface area contributed by atoms with Gasteiger partial charge in [-0.1, -0.05) is 18.2 Å². The number of benzene rings is 1. The van der Waals surface area contributed by atoms with Crippen molar-refractivity contribution in [1.29, 1.82) is 5.26 Å². The molecule has 6 nitrogen and oxygen atoms in total. The van der Waals surface area contributed by atoms with Gasteiger partial charge in [-0.3, -0.25) is 4.79 Å². The average Bonchev–Trinajstić information content (AvgIpc) is 3.04. The Bertz CT molecular complexity index is 596. The summed E-state index contributed by atoms with van der Waals surface area (Å²) in [5.74, 6) is -1.34. The number of hydrogen-bond donors (Lipinski definition) is 1. The normalized spacial score (nSPS) is 26.2. The molecule has 0 spiro atoms. The zero-order valence-electron chi connectivity index (χ0n) is 11.4. The van der Waals surface area contributed by atoms with Crippen molar-refractivity contribution in [3.8, 4) is 11.9 Å². The Morgan fingerprint density at radius 3 is 2.71 bits per heavy atom. The second kappa shape index (κ2) is 5.44. The minimum absolute atomic E-state index is 0.00785. The van der Waals surface area contributed by atoms with E-state index in [4.69, 9.17) is 10.00 Å². The fourth-order valence-electron chi connectivity index (χ4n) is 3.17. The van der Waals surface area contributed by atoms with Crippen LogP contribution < -0.4 is 10.1 Å². The molecule has 3 rings (SSSR count). The highest BCUT2D eigenvalue weighted by Crippen LogP contribution is 2.36. The van der Waals surface area contributed by atoms with Crippen LogP contribution in [0.4, 0.5) is 0 Å². The van der Waals surface area contributed by atoms with E-state index < -0.39 is 11.9 Å². The molecular formula is C15H15N3O3. The highest BCUT2D eigenvalue weighted by Gasteiger charge is 2.47. The van der Waals surface area contributed by atoms with E-state index in [1.807, 2.05) is 0 Å². The molecule has 2 aliphatic heterocycles. The first-order chi connectivity index (χ1) is 10.2. The van der Waals surface area contributed by atoms with Gasteiger partial charge < -0.3 is 15.0 Å². The van der Waals surface area contributed by atoms with Gasteiger partial charge in [0.2, 0.25) is 0 Å². The summed E-state index contributed by atoms with van der Waals surface area (Å²) in [6, 6.07) is 8.51. The van der Waals surface area contributed by atoms with Crippen molar-refractivity contribution >= 4 is 11.9 Å². The molecular weight excluding hydrogens is 270 g/mol. The van der Waals surface area contributed by atoms with Crippen molar-refractivity contribution in [3.63, 3.8) is 0 Å². The third kappa shape index (κ3) is 2.55. The van der Waals surface area contributed by atoms with Crippen LogP contribution in [0, 0.1) is 11.5 Å². The van der Waals surface area contributed by atoms with Gasteiger partial charge in [-0.25, -0.2) is 4.79 Å². The summed E-state index contributed by atoms with van der Waals surface area (Å²) in [6.45, 7) is 0. The zero-order chi connectivity index (χ0) is 14.8. The summed E-state index contributed by atoms with van der Waals surface area (Å²) in [6.07, 6.45) is 4.72. The summed E-state index contributed by atoms with van der Waals surface area (Å²) >= 11 is 0. The molecule has 1 unspecified atom stereocenters. The largest absolute Gasteiger partial charge is 0.419 e. The molecule has 21 heavy (non-hydrogen) atoms. The van der Waals surface area contributed by atoms with E-state index in [2.05, 4.69) is 11.5 Å². The molecule has 2 fully saturated rings. The lowest BCUT2D eigenvalue weighted by molar-refractivity contribution is -0.148. The lowest BCUT2D eigenvalue weighted by Gasteiger charge is -2.21. The van der Waals surface area contributed by atoms with Crippen molar-refractivity contribution in [3.05, 3.63) is 30.3 Å². The van der Waals surface area contributed by atoms with Crippen LogP contribution in [-0.2, 0) is 9.59 Å². The van der Waals surface area contributed by atoms with Crippen LogP contribution in [-0.4, -0.2) is 34.9 Å². The maximum absolute atomic E-state index is 11.9. The highest BCUT2D eigenvalue weighted by atomic mass is 16.5. The van der Waals surface area contributed by atoms with Gasteiger partial charge in [0.15, 0.2) is 6.19 Å². The molecule has 2 bridgehead atoms. The number of nitrogens with zero attached hydrogens (tertiary/aromatic N) is 2. The van der Waals surface area contributed by atoms with Gasteiger partial charge in [-0.2, -0.15) is 5.26 Å². The number of carbonyl (C=O) groups is 2. The standard InChI is InChI=1S/C15H15N3O3/c16-9-18-10-6-7-13(18)12(8-10)17-14(19)15(20)21-11-4-2-1-3-5-11/h1-5,10,12-13H,6-8H2,(H,17,19)/t10-,12+,13?/m0/s1. The Morgan fingerprint density at radius 1 is 1.29 bits per heavy atom. The molecule has 0 saturated carbocycles. The first-order valence-electron chi connectivity index (χ1n) is 6.95. The highest BCUT2D eigenvalue weighted by molar-refractivity contribution is 6.33. The second-order valence-corrected chi connectivity index (χ2v) is 5.32. The minimum Gasteiger partial charge on any atom is -0.419 e. The molecule has 0 radical (unpaired) electrons. The summed E-state index contributed by atoms with van der Waals surface area (Å²) < 4.78 is 4.99. The fourth-order valence-corrected chi connectivity index (χ4v) is 3.17. The van der Waals surface area contributed by atoms with Crippen LogP contribution in [0.2, 0.25) is 0 Å². The number of fused-ring (bicyclic) bond motifs is 2. The Kier molecular flexibility index (Phi) is 3.48. The summed E-state index contributed by atoms with van der Waals surface area (Å²) in [7, 11) is 0. The summed E-state index contributed by atoms with van der Waals surface area (Å²) in [5, 5.41) is 11.8. The molecule has 3 atom stereocenters. The third-order valence-electron chi connectivity index (χ3n) is 4.11. The Morgan fingerprint density at radius 2 is 2.05 bits per heavy atom. The zero-order valence-corrected chi connectivity index (χ0v) is 11.4. The number of rotatable bonds is 2.